The van der Waals surface area contributed by atoms with Crippen LogP contribution in [0.3, 0.4) is 0 Å². The van der Waals surface area contributed by atoms with Gasteiger partial charge in [0.15, 0.2) is 11.6 Å². The van der Waals surface area contributed by atoms with Crippen LogP contribution in [-0.2, 0) is 11.3 Å². The van der Waals surface area contributed by atoms with Gasteiger partial charge in [-0.1, -0.05) is 13.8 Å². The van der Waals surface area contributed by atoms with Crippen molar-refractivity contribution in [3.8, 4) is 17.1 Å². The summed E-state index contributed by atoms with van der Waals surface area (Å²) in [5.41, 5.74) is 1.66. The maximum atomic E-state index is 14.1. The van der Waals surface area contributed by atoms with Gasteiger partial charge in [0.2, 0.25) is 5.91 Å². The summed E-state index contributed by atoms with van der Waals surface area (Å²) in [5, 5.41) is 3.29. The number of rotatable bonds is 8. The first kappa shape index (κ1) is 28.5. The molecule has 3 aromatic rings. The van der Waals surface area contributed by atoms with Crippen molar-refractivity contribution in [1.82, 2.24) is 19.8 Å². The molecule has 1 saturated heterocycles. The average molecular weight is 538 g/mol. The van der Waals surface area contributed by atoms with E-state index in [0.29, 0.717) is 28.4 Å². The minimum Gasteiger partial charge on any atom is -0.494 e. The highest BCUT2D eigenvalue weighted by Gasteiger charge is 2.23. The zero-order valence-corrected chi connectivity index (χ0v) is 23.8. The normalized spacial score (nSPS) is 15.6. The summed E-state index contributed by atoms with van der Waals surface area (Å²) >= 11 is 0. The average Bonchev–Trinajstić information content (AvgIpc) is 3.16. The summed E-state index contributed by atoms with van der Waals surface area (Å²) in [6, 6.07) is 10.5. The molecule has 1 unspecified atom stereocenters. The number of anilines is 1. The Bertz CT molecular complexity index is 1390. The van der Waals surface area contributed by atoms with E-state index in [1.54, 1.807) is 0 Å². The largest absolute Gasteiger partial charge is 0.494 e. The van der Waals surface area contributed by atoms with Gasteiger partial charge in [-0.25, -0.2) is 9.37 Å². The van der Waals surface area contributed by atoms with Crippen molar-refractivity contribution in [2.45, 2.75) is 59.7 Å². The van der Waals surface area contributed by atoms with E-state index in [1.807, 2.05) is 32.0 Å². The van der Waals surface area contributed by atoms with Crippen LogP contribution in [0, 0.1) is 11.7 Å². The predicted octanol–water partition coefficient (Wildman–Crippen LogP) is 4.29. The Labute approximate surface area is 229 Å². The molecule has 1 fully saturated rings. The van der Waals surface area contributed by atoms with Crippen molar-refractivity contribution >= 4 is 22.5 Å². The number of fused-ring (bicyclic) bond motifs is 1. The molecular weight excluding hydrogens is 497 g/mol. The lowest BCUT2D eigenvalue weighted by Crippen LogP contribution is -2.39. The lowest BCUT2D eigenvalue weighted by atomic mass is 10.0. The number of hydrogen-bond acceptors (Lipinski definition) is 6. The first-order valence-electron chi connectivity index (χ1n) is 13.8. The SMILES string of the molecule is COc1cc(-c2nc3ccc(N4CCCN(C(C)C(C)C)CC4)cc3c(=O)n2CC(=O)NC(C)C)ccc1F. The number of aromatic nitrogens is 2. The van der Waals surface area contributed by atoms with E-state index in [2.05, 4.69) is 35.9 Å². The molecule has 1 aromatic heterocycles. The van der Waals surface area contributed by atoms with Gasteiger partial charge in [-0.05, 0) is 69.5 Å². The molecule has 210 valence electrons. The fourth-order valence-corrected chi connectivity index (χ4v) is 5.11. The summed E-state index contributed by atoms with van der Waals surface area (Å²) in [4.78, 5) is 36.3. The molecule has 1 N–H and O–H groups in total. The second kappa shape index (κ2) is 12.2. The van der Waals surface area contributed by atoms with Gasteiger partial charge in [-0.3, -0.25) is 19.1 Å². The van der Waals surface area contributed by atoms with Gasteiger partial charge < -0.3 is 15.0 Å². The topological polar surface area (TPSA) is 79.7 Å². The molecule has 1 aliphatic rings. The second-order valence-corrected chi connectivity index (χ2v) is 11.0. The van der Waals surface area contributed by atoms with Gasteiger partial charge in [0.1, 0.15) is 12.4 Å². The highest BCUT2D eigenvalue weighted by Crippen LogP contribution is 2.27. The number of methoxy groups -OCH3 is 1. The van der Waals surface area contributed by atoms with Crippen molar-refractivity contribution in [1.29, 1.82) is 0 Å². The molecule has 1 amide bonds. The smallest absolute Gasteiger partial charge is 0.262 e. The van der Waals surface area contributed by atoms with Crippen LogP contribution in [0.25, 0.3) is 22.3 Å². The number of ether oxygens (including phenoxy) is 1. The summed E-state index contributed by atoms with van der Waals surface area (Å²) in [5.74, 6) is 0.0939. The number of hydrogen-bond donors (Lipinski definition) is 1. The van der Waals surface area contributed by atoms with Crippen molar-refractivity contribution in [2.24, 2.45) is 5.92 Å². The van der Waals surface area contributed by atoms with Crippen LogP contribution < -0.4 is 20.5 Å². The standard InChI is InChI=1S/C30H40FN5O3/c1-19(2)21(5)34-12-7-13-35(15-14-34)23-9-11-26-24(17-23)30(38)36(18-28(37)32-20(3)4)29(33-26)22-8-10-25(31)27(16-22)39-6/h8-11,16-17,19-21H,7,12-15,18H2,1-6H3,(H,32,37). The molecule has 4 rings (SSSR count). The van der Waals surface area contributed by atoms with E-state index < -0.39 is 5.82 Å². The molecule has 1 aliphatic heterocycles. The first-order valence-corrected chi connectivity index (χ1v) is 13.8. The van der Waals surface area contributed by atoms with Crippen molar-refractivity contribution in [3.63, 3.8) is 0 Å². The lowest BCUT2D eigenvalue weighted by Gasteiger charge is -2.30. The van der Waals surface area contributed by atoms with Gasteiger partial charge in [-0.15, -0.1) is 0 Å². The number of carbonyl (C=O) groups is 1. The number of benzene rings is 2. The highest BCUT2D eigenvalue weighted by atomic mass is 19.1. The van der Waals surface area contributed by atoms with E-state index >= 15 is 0 Å². The van der Waals surface area contributed by atoms with E-state index in [0.717, 1.165) is 38.3 Å². The second-order valence-electron chi connectivity index (χ2n) is 11.0. The van der Waals surface area contributed by atoms with E-state index in [1.165, 1.54) is 29.9 Å². The fourth-order valence-electron chi connectivity index (χ4n) is 5.11. The molecule has 39 heavy (non-hydrogen) atoms. The molecule has 0 aliphatic carbocycles. The maximum Gasteiger partial charge on any atom is 0.262 e. The Balaban J connectivity index is 1.76. The Morgan fingerprint density at radius 1 is 1.05 bits per heavy atom. The minimum absolute atomic E-state index is 0.0392. The van der Waals surface area contributed by atoms with Gasteiger partial charge in [-0.2, -0.15) is 0 Å². The molecule has 8 nitrogen and oxygen atoms in total. The van der Waals surface area contributed by atoms with Crippen molar-refractivity contribution in [2.75, 3.05) is 38.2 Å². The molecule has 2 heterocycles. The number of halogens is 1. The number of amides is 1. The Morgan fingerprint density at radius 3 is 2.51 bits per heavy atom. The van der Waals surface area contributed by atoms with Crippen LogP contribution in [0.15, 0.2) is 41.2 Å². The monoisotopic (exact) mass is 537 g/mol. The van der Waals surface area contributed by atoms with E-state index in [-0.39, 0.29) is 35.6 Å². The number of nitrogens with one attached hydrogen (secondary N) is 1. The zero-order chi connectivity index (χ0) is 28.3. The van der Waals surface area contributed by atoms with E-state index in [9.17, 15) is 14.0 Å². The molecule has 0 saturated carbocycles. The van der Waals surface area contributed by atoms with E-state index in [4.69, 9.17) is 9.72 Å². The third-order valence-corrected chi connectivity index (χ3v) is 7.53. The predicted molar refractivity (Wildman–Crippen MR) is 154 cm³/mol. The molecule has 9 heteroatoms. The molecule has 1 atom stereocenters. The number of nitrogens with zero attached hydrogens (tertiary/aromatic N) is 4. The summed E-state index contributed by atoms with van der Waals surface area (Å²) < 4.78 is 20.7. The first-order chi connectivity index (χ1) is 18.6. The minimum atomic E-state index is -0.517. The van der Waals surface area contributed by atoms with Crippen LogP contribution in [0.5, 0.6) is 5.75 Å². The summed E-state index contributed by atoms with van der Waals surface area (Å²) in [7, 11) is 1.38. The summed E-state index contributed by atoms with van der Waals surface area (Å²) in [6.45, 7) is 14.1. The quantitative estimate of drug-likeness (QED) is 0.462. The Morgan fingerprint density at radius 2 is 1.82 bits per heavy atom. The van der Waals surface area contributed by atoms with Crippen LogP contribution >= 0.6 is 0 Å². The van der Waals surface area contributed by atoms with Crippen LogP contribution in [0.4, 0.5) is 10.1 Å². The Kier molecular flexibility index (Phi) is 8.90. The molecular formula is C30H40FN5O3. The van der Waals surface area contributed by atoms with Crippen LogP contribution in [0.1, 0.15) is 41.0 Å². The third-order valence-electron chi connectivity index (χ3n) is 7.53. The fraction of sp³-hybridized carbons (Fsp3) is 0.500. The van der Waals surface area contributed by atoms with Gasteiger partial charge in [0.05, 0.1) is 18.0 Å². The third kappa shape index (κ3) is 6.41. The van der Waals surface area contributed by atoms with Crippen molar-refractivity contribution in [3.05, 3.63) is 52.6 Å². The highest BCUT2D eigenvalue weighted by molar-refractivity contribution is 5.84. The molecule has 2 aromatic carbocycles. The maximum absolute atomic E-state index is 14.1. The molecule has 0 bridgehead atoms. The zero-order valence-electron chi connectivity index (χ0n) is 23.8. The van der Waals surface area contributed by atoms with Gasteiger partial charge in [0.25, 0.3) is 5.56 Å². The number of carbonyl (C=O) groups excluding carboxylic acids is 1. The Hall–Kier alpha value is -3.46. The molecule has 0 spiro atoms. The van der Waals surface area contributed by atoms with Crippen LogP contribution in [-0.4, -0.2) is 65.7 Å². The van der Waals surface area contributed by atoms with Gasteiger partial charge in [0, 0.05) is 49.5 Å². The van der Waals surface area contributed by atoms with Crippen LogP contribution in [0.2, 0.25) is 0 Å². The summed E-state index contributed by atoms with van der Waals surface area (Å²) in [6.07, 6.45) is 1.04. The van der Waals surface area contributed by atoms with Crippen molar-refractivity contribution < 1.29 is 13.9 Å². The lowest BCUT2D eigenvalue weighted by molar-refractivity contribution is -0.122. The molecule has 0 radical (unpaired) electrons. The van der Waals surface area contributed by atoms with Gasteiger partial charge >= 0.3 is 0 Å².